The van der Waals surface area contributed by atoms with E-state index < -0.39 is 0 Å². The Morgan fingerprint density at radius 2 is 1.85 bits per heavy atom. The van der Waals surface area contributed by atoms with E-state index in [1.807, 2.05) is 50.4 Å². The third-order valence-corrected chi connectivity index (χ3v) is 6.33. The van der Waals surface area contributed by atoms with Crippen LogP contribution in [0.25, 0.3) is 22.5 Å². The van der Waals surface area contributed by atoms with E-state index in [0.29, 0.717) is 17.3 Å². The van der Waals surface area contributed by atoms with Gasteiger partial charge in [0.15, 0.2) is 5.76 Å². The third kappa shape index (κ3) is 4.55. The first-order valence-electron chi connectivity index (χ1n) is 11.7. The monoisotopic (exact) mass is 455 g/mol. The van der Waals surface area contributed by atoms with Gasteiger partial charge in [-0.05, 0) is 79.8 Å². The second-order valence-electron chi connectivity index (χ2n) is 8.66. The molecular weight excluding hydrogens is 426 g/mol. The number of nitrogens with zero attached hydrogens (tertiary/aromatic N) is 2. The fourth-order valence-corrected chi connectivity index (χ4v) is 4.39. The van der Waals surface area contributed by atoms with Crippen molar-refractivity contribution in [3.8, 4) is 22.5 Å². The van der Waals surface area contributed by atoms with Crippen LogP contribution in [0, 0.1) is 6.92 Å². The fraction of sp³-hybridized carbons (Fsp3) is 0.259. The summed E-state index contributed by atoms with van der Waals surface area (Å²) in [5.41, 5.74) is 6.41. The summed E-state index contributed by atoms with van der Waals surface area (Å²) in [6.45, 7) is 4.06. The van der Waals surface area contributed by atoms with Crippen molar-refractivity contribution in [3.63, 3.8) is 0 Å². The molecule has 1 fully saturated rings. The molecule has 3 heterocycles. The van der Waals surface area contributed by atoms with Crippen LogP contribution in [-0.2, 0) is 0 Å². The molecule has 0 spiro atoms. The Hall–Kier alpha value is -4.00. The van der Waals surface area contributed by atoms with Crippen LogP contribution in [0.3, 0.4) is 0 Å². The molecule has 4 aromatic rings. The lowest BCUT2D eigenvalue weighted by atomic mass is 10.0. The molecule has 5 rings (SSSR count). The molecule has 1 aliphatic heterocycles. The van der Waals surface area contributed by atoms with E-state index in [1.54, 1.807) is 12.4 Å². The molecule has 7 nitrogen and oxygen atoms in total. The highest BCUT2D eigenvalue weighted by Crippen LogP contribution is 2.34. The number of aryl methyl sites for hydroxylation is 1. The van der Waals surface area contributed by atoms with Crippen molar-refractivity contribution in [3.05, 3.63) is 76.8 Å². The lowest BCUT2D eigenvalue weighted by Crippen LogP contribution is -2.29. The standard InChI is InChI=1S/C27H29N5O2/c1-18-8-9-21(28-2)16-24(18)31-27-30-17-25(34-27)20-13-19(23-7-6-10-29-26(23)33)14-22(15-20)32-11-4-3-5-12-32/h6-10,13-17,28H,3-5,11-12H2,1-2H3,(H,29,33)(H,30,31). The fourth-order valence-electron chi connectivity index (χ4n) is 4.39. The molecule has 0 saturated carbocycles. The van der Waals surface area contributed by atoms with Gasteiger partial charge in [-0.25, -0.2) is 4.98 Å². The summed E-state index contributed by atoms with van der Waals surface area (Å²) in [6, 6.07) is 16.4. The first-order valence-corrected chi connectivity index (χ1v) is 11.7. The highest BCUT2D eigenvalue weighted by Gasteiger charge is 2.17. The number of oxazole rings is 1. The summed E-state index contributed by atoms with van der Waals surface area (Å²) in [4.78, 5) is 22.2. The maximum Gasteiger partial charge on any atom is 0.299 e. The van der Waals surface area contributed by atoms with Crippen molar-refractivity contribution in [1.82, 2.24) is 9.97 Å². The summed E-state index contributed by atoms with van der Waals surface area (Å²) in [7, 11) is 1.89. The van der Waals surface area contributed by atoms with Gasteiger partial charge in [-0.1, -0.05) is 6.07 Å². The van der Waals surface area contributed by atoms with Crippen LogP contribution >= 0.6 is 0 Å². The maximum atomic E-state index is 12.5. The van der Waals surface area contributed by atoms with Crippen LogP contribution in [0.2, 0.25) is 0 Å². The number of rotatable bonds is 6. The number of nitrogens with one attached hydrogen (secondary N) is 3. The van der Waals surface area contributed by atoms with E-state index in [1.165, 1.54) is 19.3 Å². The smallest absolute Gasteiger partial charge is 0.299 e. The molecule has 2 aromatic carbocycles. The summed E-state index contributed by atoms with van der Waals surface area (Å²) in [6.07, 6.45) is 6.99. The zero-order valence-corrected chi connectivity index (χ0v) is 19.5. The van der Waals surface area contributed by atoms with Gasteiger partial charge < -0.3 is 24.9 Å². The summed E-state index contributed by atoms with van der Waals surface area (Å²) >= 11 is 0. The molecule has 34 heavy (non-hydrogen) atoms. The number of anilines is 4. The van der Waals surface area contributed by atoms with E-state index in [0.717, 1.165) is 46.8 Å². The molecule has 0 atom stereocenters. The van der Waals surface area contributed by atoms with Crippen molar-refractivity contribution >= 4 is 23.1 Å². The Bertz CT molecular complexity index is 1350. The van der Waals surface area contributed by atoms with Crippen molar-refractivity contribution < 1.29 is 4.42 Å². The van der Waals surface area contributed by atoms with Gasteiger partial charge in [0.2, 0.25) is 0 Å². The largest absolute Gasteiger partial charge is 0.423 e. The molecule has 0 unspecified atom stereocenters. The SMILES string of the molecule is CNc1ccc(C)c(Nc2ncc(-c3cc(-c4ccc[nH]c4=O)cc(N4CCCCC4)c3)o2)c1. The molecule has 7 heteroatoms. The van der Waals surface area contributed by atoms with E-state index in [2.05, 4.69) is 37.6 Å². The average molecular weight is 456 g/mol. The number of aromatic amines is 1. The number of aromatic nitrogens is 2. The Labute approximate surface area is 198 Å². The number of pyridine rings is 1. The van der Waals surface area contributed by atoms with Crippen molar-refractivity contribution in [2.75, 3.05) is 35.7 Å². The molecule has 0 radical (unpaired) electrons. The minimum Gasteiger partial charge on any atom is -0.423 e. The molecule has 174 valence electrons. The topological polar surface area (TPSA) is 86.2 Å². The van der Waals surface area contributed by atoms with Gasteiger partial charge in [-0.3, -0.25) is 4.79 Å². The van der Waals surface area contributed by atoms with Gasteiger partial charge >= 0.3 is 0 Å². The summed E-state index contributed by atoms with van der Waals surface area (Å²) < 4.78 is 6.12. The molecule has 2 aromatic heterocycles. The molecule has 1 aliphatic rings. The van der Waals surface area contributed by atoms with E-state index >= 15 is 0 Å². The minimum atomic E-state index is -0.107. The van der Waals surface area contributed by atoms with Gasteiger partial charge in [-0.15, -0.1) is 0 Å². The summed E-state index contributed by atoms with van der Waals surface area (Å²) in [5, 5.41) is 6.44. The van der Waals surface area contributed by atoms with Gasteiger partial charge in [0, 0.05) is 54.5 Å². The Balaban J connectivity index is 1.52. The minimum absolute atomic E-state index is 0.107. The molecule has 3 N–H and O–H groups in total. The molecular formula is C27H29N5O2. The van der Waals surface area contributed by atoms with Gasteiger partial charge in [-0.2, -0.15) is 0 Å². The van der Waals surface area contributed by atoms with Crippen LogP contribution in [0.15, 0.2) is 70.1 Å². The van der Waals surface area contributed by atoms with Crippen LogP contribution in [0.1, 0.15) is 24.8 Å². The number of piperidine rings is 1. The van der Waals surface area contributed by atoms with Gasteiger partial charge in [0.25, 0.3) is 11.6 Å². The Morgan fingerprint density at radius 1 is 1.03 bits per heavy atom. The Morgan fingerprint density at radius 3 is 2.65 bits per heavy atom. The predicted octanol–water partition coefficient (Wildman–Crippen LogP) is 5.78. The van der Waals surface area contributed by atoms with Crippen LogP contribution < -0.4 is 21.1 Å². The lowest BCUT2D eigenvalue weighted by molar-refractivity contribution is 0.577. The first-order chi connectivity index (χ1) is 16.6. The van der Waals surface area contributed by atoms with Crippen molar-refractivity contribution in [2.24, 2.45) is 0 Å². The number of benzene rings is 2. The zero-order chi connectivity index (χ0) is 23.5. The van der Waals surface area contributed by atoms with Gasteiger partial charge in [0.1, 0.15) is 0 Å². The quantitative estimate of drug-likeness (QED) is 0.342. The molecule has 0 aliphatic carbocycles. The Kier molecular flexibility index (Phi) is 6.08. The highest BCUT2D eigenvalue weighted by molar-refractivity contribution is 5.77. The molecule has 1 saturated heterocycles. The van der Waals surface area contributed by atoms with Crippen molar-refractivity contribution in [1.29, 1.82) is 0 Å². The average Bonchev–Trinajstić information content (AvgIpc) is 3.34. The molecule has 0 amide bonds. The van der Waals surface area contributed by atoms with Crippen LogP contribution in [0.5, 0.6) is 0 Å². The second-order valence-corrected chi connectivity index (χ2v) is 8.66. The first kappa shape index (κ1) is 21.8. The number of hydrogen-bond acceptors (Lipinski definition) is 6. The van der Waals surface area contributed by atoms with Crippen LogP contribution in [0.4, 0.5) is 23.1 Å². The third-order valence-electron chi connectivity index (χ3n) is 6.33. The predicted molar refractivity (Wildman–Crippen MR) is 138 cm³/mol. The zero-order valence-electron chi connectivity index (χ0n) is 19.5. The van der Waals surface area contributed by atoms with Crippen molar-refractivity contribution in [2.45, 2.75) is 26.2 Å². The normalized spacial score (nSPS) is 13.6. The van der Waals surface area contributed by atoms with Crippen LogP contribution in [-0.4, -0.2) is 30.1 Å². The number of hydrogen-bond donors (Lipinski definition) is 3. The summed E-state index contributed by atoms with van der Waals surface area (Å²) in [5.74, 6) is 0.650. The number of H-pyrrole nitrogens is 1. The molecule has 0 bridgehead atoms. The van der Waals surface area contributed by atoms with Gasteiger partial charge in [0.05, 0.1) is 6.20 Å². The van der Waals surface area contributed by atoms with E-state index in [4.69, 9.17) is 4.42 Å². The second kappa shape index (κ2) is 9.47. The maximum absolute atomic E-state index is 12.5. The van der Waals surface area contributed by atoms with E-state index in [-0.39, 0.29) is 5.56 Å². The highest BCUT2D eigenvalue weighted by atomic mass is 16.4. The van der Waals surface area contributed by atoms with E-state index in [9.17, 15) is 4.79 Å². The lowest BCUT2D eigenvalue weighted by Gasteiger charge is -2.29.